The number of nitrogens with one attached hydrogen (secondary N) is 1. The van der Waals surface area contributed by atoms with Gasteiger partial charge in [0.05, 0.1) is 14.2 Å². The third-order valence-electron chi connectivity index (χ3n) is 5.36. The fourth-order valence-corrected chi connectivity index (χ4v) is 3.71. The molecule has 0 amide bonds. The monoisotopic (exact) mass is 510 g/mol. The van der Waals surface area contributed by atoms with Crippen molar-refractivity contribution < 1.29 is 9.47 Å². The van der Waals surface area contributed by atoms with Crippen LogP contribution < -0.4 is 14.8 Å². The lowest BCUT2D eigenvalue weighted by Crippen LogP contribution is -2.40. The Kier molecular flexibility index (Phi) is 9.00. The highest BCUT2D eigenvalue weighted by atomic mass is 127. The molecule has 7 heteroatoms. The molecule has 1 saturated heterocycles. The van der Waals surface area contributed by atoms with Crippen LogP contribution in [0.25, 0.3) is 0 Å². The summed E-state index contributed by atoms with van der Waals surface area (Å²) < 4.78 is 10.8. The van der Waals surface area contributed by atoms with Crippen molar-refractivity contribution in [3.8, 4) is 11.5 Å². The zero-order valence-electron chi connectivity index (χ0n) is 17.6. The summed E-state index contributed by atoms with van der Waals surface area (Å²) in [5.41, 5.74) is 3.80. The summed E-state index contributed by atoms with van der Waals surface area (Å²) in [6.45, 7) is 4.87. The minimum Gasteiger partial charge on any atom is -0.497 e. The van der Waals surface area contributed by atoms with Crippen molar-refractivity contribution in [2.45, 2.75) is 25.7 Å². The van der Waals surface area contributed by atoms with Gasteiger partial charge in [0.2, 0.25) is 0 Å². The van der Waals surface area contributed by atoms with Crippen molar-refractivity contribution in [3.63, 3.8) is 0 Å². The Morgan fingerprint density at radius 3 is 2.59 bits per heavy atom. The number of likely N-dealkylation sites (tertiary alicyclic amines) is 1. The third kappa shape index (κ3) is 5.98. The molecule has 2 heterocycles. The number of halogens is 1. The average molecular weight is 510 g/mol. The van der Waals surface area contributed by atoms with Crippen LogP contribution in [0.4, 0.5) is 0 Å². The fourth-order valence-electron chi connectivity index (χ4n) is 3.71. The highest BCUT2D eigenvalue weighted by molar-refractivity contribution is 14.0. The lowest BCUT2D eigenvalue weighted by molar-refractivity contribution is 0.392. The number of aryl methyl sites for hydroxylation is 1. The van der Waals surface area contributed by atoms with Gasteiger partial charge < -0.3 is 19.7 Å². The number of methoxy groups -OCH3 is 2. The van der Waals surface area contributed by atoms with Crippen LogP contribution in [0.5, 0.6) is 11.5 Å². The Morgan fingerprint density at radius 2 is 1.97 bits per heavy atom. The average Bonchev–Trinajstić information content (AvgIpc) is 3.22. The molecule has 6 nitrogen and oxygen atoms in total. The number of ether oxygens (including phenoxy) is 2. The summed E-state index contributed by atoms with van der Waals surface area (Å²) in [7, 11) is 5.23. The van der Waals surface area contributed by atoms with E-state index in [-0.39, 0.29) is 24.0 Å². The van der Waals surface area contributed by atoms with E-state index in [1.54, 1.807) is 14.2 Å². The molecule has 158 valence electrons. The maximum absolute atomic E-state index is 5.42. The Morgan fingerprint density at radius 1 is 1.24 bits per heavy atom. The zero-order valence-corrected chi connectivity index (χ0v) is 20.0. The maximum atomic E-state index is 5.42. The van der Waals surface area contributed by atoms with Crippen molar-refractivity contribution in [2.75, 3.05) is 40.9 Å². The number of aliphatic imine (C=N–C) groups is 1. The molecule has 29 heavy (non-hydrogen) atoms. The molecule has 0 radical (unpaired) electrons. The van der Waals surface area contributed by atoms with E-state index in [1.165, 1.54) is 16.7 Å². The van der Waals surface area contributed by atoms with Crippen molar-refractivity contribution in [1.29, 1.82) is 0 Å². The number of nitrogens with zero attached hydrogens (tertiary/aromatic N) is 3. The van der Waals surface area contributed by atoms with Gasteiger partial charge >= 0.3 is 0 Å². The van der Waals surface area contributed by atoms with E-state index in [0.717, 1.165) is 49.9 Å². The zero-order chi connectivity index (χ0) is 19.9. The predicted molar refractivity (Wildman–Crippen MR) is 128 cm³/mol. The Hall–Kier alpha value is -2.03. The molecule has 1 fully saturated rings. The van der Waals surface area contributed by atoms with Crippen LogP contribution in [0.2, 0.25) is 0 Å². The Labute approximate surface area is 190 Å². The van der Waals surface area contributed by atoms with E-state index in [4.69, 9.17) is 9.47 Å². The molecule has 0 saturated carbocycles. The number of guanidine groups is 1. The van der Waals surface area contributed by atoms with Gasteiger partial charge in [0.1, 0.15) is 11.5 Å². The highest BCUT2D eigenvalue weighted by Gasteiger charge is 2.26. The van der Waals surface area contributed by atoms with E-state index < -0.39 is 0 Å². The fraction of sp³-hybridized carbons (Fsp3) is 0.455. The quantitative estimate of drug-likeness (QED) is 0.366. The summed E-state index contributed by atoms with van der Waals surface area (Å²) in [6, 6.07) is 8.22. The molecule has 2 aromatic rings. The first kappa shape index (κ1) is 23.3. The van der Waals surface area contributed by atoms with Crippen molar-refractivity contribution in [1.82, 2.24) is 15.2 Å². The lowest BCUT2D eigenvalue weighted by atomic mass is 9.98. The molecular weight excluding hydrogens is 479 g/mol. The number of rotatable bonds is 6. The molecule has 1 unspecified atom stereocenters. The van der Waals surface area contributed by atoms with Gasteiger partial charge in [-0.3, -0.25) is 9.98 Å². The van der Waals surface area contributed by atoms with E-state index in [0.29, 0.717) is 5.92 Å². The molecule has 1 atom stereocenters. The summed E-state index contributed by atoms with van der Waals surface area (Å²) in [6.07, 6.45) is 5.81. The smallest absolute Gasteiger partial charge is 0.193 e. The summed E-state index contributed by atoms with van der Waals surface area (Å²) in [5, 5.41) is 3.51. The molecule has 1 aliphatic rings. The van der Waals surface area contributed by atoms with Gasteiger partial charge in [-0.15, -0.1) is 24.0 Å². The summed E-state index contributed by atoms with van der Waals surface area (Å²) >= 11 is 0. The summed E-state index contributed by atoms with van der Waals surface area (Å²) in [4.78, 5) is 11.0. The van der Waals surface area contributed by atoms with Gasteiger partial charge in [0.25, 0.3) is 0 Å². The molecule has 1 aliphatic heterocycles. The second-order valence-corrected chi connectivity index (χ2v) is 7.10. The van der Waals surface area contributed by atoms with E-state index >= 15 is 0 Å². The second kappa shape index (κ2) is 11.2. The van der Waals surface area contributed by atoms with Crippen LogP contribution >= 0.6 is 24.0 Å². The first-order valence-corrected chi connectivity index (χ1v) is 9.72. The molecule has 1 N–H and O–H groups in total. The SMILES string of the molecule is CN=C(NCCc1ccncc1C)N1CCC(c2cc(OC)cc(OC)c2)C1.I. The Balaban J connectivity index is 0.00000300. The minimum atomic E-state index is 0. The molecular formula is C22H31IN4O2. The normalized spacial score (nSPS) is 16.3. The molecule has 0 aliphatic carbocycles. The van der Waals surface area contributed by atoms with Gasteiger partial charge in [-0.25, -0.2) is 0 Å². The maximum Gasteiger partial charge on any atom is 0.193 e. The van der Waals surface area contributed by atoms with E-state index in [9.17, 15) is 0 Å². The van der Waals surface area contributed by atoms with Crippen LogP contribution in [0.1, 0.15) is 29.0 Å². The second-order valence-electron chi connectivity index (χ2n) is 7.10. The van der Waals surface area contributed by atoms with Crippen LogP contribution in [0.3, 0.4) is 0 Å². The van der Waals surface area contributed by atoms with E-state index in [1.807, 2.05) is 25.5 Å². The number of hydrogen-bond donors (Lipinski definition) is 1. The highest BCUT2D eigenvalue weighted by Crippen LogP contribution is 2.32. The van der Waals surface area contributed by atoms with Crippen LogP contribution in [0, 0.1) is 6.92 Å². The van der Waals surface area contributed by atoms with Gasteiger partial charge in [-0.1, -0.05) is 0 Å². The van der Waals surface area contributed by atoms with Crippen molar-refractivity contribution in [3.05, 3.63) is 53.3 Å². The van der Waals surface area contributed by atoms with Gasteiger partial charge in [-0.05, 0) is 54.7 Å². The number of benzene rings is 1. The molecule has 1 aromatic carbocycles. The number of hydrogen-bond acceptors (Lipinski definition) is 4. The predicted octanol–water partition coefficient (Wildman–Crippen LogP) is 3.63. The largest absolute Gasteiger partial charge is 0.497 e. The topological polar surface area (TPSA) is 59.0 Å². The molecule has 0 bridgehead atoms. The third-order valence-corrected chi connectivity index (χ3v) is 5.36. The molecule has 1 aromatic heterocycles. The van der Waals surface area contributed by atoms with Crippen LogP contribution in [-0.4, -0.2) is 56.7 Å². The molecule has 3 rings (SSSR count). The number of aromatic nitrogens is 1. The van der Waals surface area contributed by atoms with Gasteiger partial charge in [0.15, 0.2) is 5.96 Å². The Bertz CT molecular complexity index is 806. The standard InChI is InChI=1S/C22H30N4O2.HI/c1-16-14-24-8-5-17(16)6-9-25-22(23-2)26-10-7-18(15-26)19-11-20(27-3)13-21(12-19)28-4;/h5,8,11-14,18H,6-7,9-10,15H2,1-4H3,(H,23,25);1H. The van der Waals surface area contributed by atoms with Crippen LogP contribution in [0.15, 0.2) is 41.7 Å². The summed E-state index contributed by atoms with van der Waals surface area (Å²) in [5.74, 6) is 3.07. The first-order chi connectivity index (χ1) is 13.6. The molecule has 0 spiro atoms. The van der Waals surface area contributed by atoms with Gasteiger partial charge in [0, 0.05) is 51.1 Å². The first-order valence-electron chi connectivity index (χ1n) is 9.72. The van der Waals surface area contributed by atoms with Crippen LogP contribution in [-0.2, 0) is 6.42 Å². The lowest BCUT2D eigenvalue weighted by Gasteiger charge is -2.22. The minimum absolute atomic E-state index is 0. The van der Waals surface area contributed by atoms with Crippen molar-refractivity contribution in [2.24, 2.45) is 4.99 Å². The van der Waals surface area contributed by atoms with Crippen molar-refractivity contribution >= 4 is 29.9 Å². The van der Waals surface area contributed by atoms with E-state index in [2.05, 4.69) is 45.3 Å². The number of pyridine rings is 1. The van der Waals surface area contributed by atoms with Gasteiger partial charge in [-0.2, -0.15) is 0 Å².